The SMILES string of the molecule is CS(=O)(=O)NC1CCN(C(=O)CCc2nc(-c3cccnc3)no2)CC1. The molecule has 2 aromatic rings. The molecular formula is C16H21N5O4S. The third kappa shape index (κ3) is 5.09. The lowest BCUT2D eigenvalue weighted by molar-refractivity contribution is -0.132. The first kappa shape index (κ1) is 18.5. The Hall–Kier alpha value is -2.33. The minimum atomic E-state index is -3.21. The van der Waals surface area contributed by atoms with Gasteiger partial charge in [0.05, 0.1) is 6.26 Å². The molecule has 3 heterocycles. The van der Waals surface area contributed by atoms with Crippen LogP contribution in [-0.2, 0) is 21.2 Å². The molecule has 0 atom stereocenters. The van der Waals surface area contributed by atoms with Crippen LogP contribution in [0.25, 0.3) is 11.4 Å². The van der Waals surface area contributed by atoms with Crippen LogP contribution in [0.15, 0.2) is 29.0 Å². The van der Waals surface area contributed by atoms with Gasteiger partial charge in [0, 0.05) is 49.9 Å². The Morgan fingerprint density at radius 1 is 1.38 bits per heavy atom. The van der Waals surface area contributed by atoms with Gasteiger partial charge in [-0.05, 0) is 25.0 Å². The fraction of sp³-hybridized carbons (Fsp3) is 0.500. The maximum atomic E-state index is 12.3. The minimum absolute atomic E-state index is 0.00364. The molecule has 1 aliphatic heterocycles. The highest BCUT2D eigenvalue weighted by molar-refractivity contribution is 7.88. The lowest BCUT2D eigenvalue weighted by Crippen LogP contribution is -2.46. The van der Waals surface area contributed by atoms with Crippen LogP contribution < -0.4 is 4.72 Å². The summed E-state index contributed by atoms with van der Waals surface area (Å²) < 4.78 is 30.3. The molecule has 0 spiro atoms. The summed E-state index contributed by atoms with van der Waals surface area (Å²) in [6.45, 7) is 1.08. The third-order valence-electron chi connectivity index (χ3n) is 4.17. The largest absolute Gasteiger partial charge is 0.343 e. The number of aryl methyl sites for hydroxylation is 1. The van der Waals surface area contributed by atoms with Gasteiger partial charge < -0.3 is 9.42 Å². The van der Waals surface area contributed by atoms with E-state index >= 15 is 0 Å². The second kappa shape index (κ2) is 7.92. The number of carbonyl (C=O) groups is 1. The van der Waals surface area contributed by atoms with Gasteiger partial charge in [-0.2, -0.15) is 4.98 Å². The average Bonchev–Trinajstić information content (AvgIpc) is 3.09. The zero-order valence-electron chi connectivity index (χ0n) is 14.5. The van der Waals surface area contributed by atoms with Gasteiger partial charge in [-0.3, -0.25) is 9.78 Å². The molecule has 0 aromatic carbocycles. The average molecular weight is 379 g/mol. The van der Waals surface area contributed by atoms with Crippen molar-refractivity contribution in [1.29, 1.82) is 0 Å². The molecule has 2 aromatic heterocycles. The van der Waals surface area contributed by atoms with Gasteiger partial charge in [0.2, 0.25) is 27.6 Å². The van der Waals surface area contributed by atoms with E-state index in [9.17, 15) is 13.2 Å². The monoisotopic (exact) mass is 379 g/mol. The van der Waals surface area contributed by atoms with E-state index < -0.39 is 10.0 Å². The molecule has 0 bridgehead atoms. The highest BCUT2D eigenvalue weighted by atomic mass is 32.2. The van der Waals surface area contributed by atoms with Crippen molar-refractivity contribution in [2.24, 2.45) is 0 Å². The summed E-state index contributed by atoms with van der Waals surface area (Å²) in [4.78, 5) is 22.4. The molecule has 1 N–H and O–H groups in total. The van der Waals surface area contributed by atoms with Gasteiger partial charge in [-0.15, -0.1) is 0 Å². The Morgan fingerprint density at radius 3 is 2.81 bits per heavy atom. The van der Waals surface area contributed by atoms with Crippen LogP contribution in [-0.4, -0.2) is 59.7 Å². The summed E-state index contributed by atoms with van der Waals surface area (Å²) in [5.74, 6) is 0.864. The van der Waals surface area contributed by atoms with E-state index in [2.05, 4.69) is 19.8 Å². The highest BCUT2D eigenvalue weighted by Gasteiger charge is 2.24. The number of sulfonamides is 1. The number of pyridine rings is 1. The van der Waals surface area contributed by atoms with E-state index in [0.717, 1.165) is 11.8 Å². The number of amides is 1. The maximum absolute atomic E-state index is 12.3. The predicted molar refractivity (Wildman–Crippen MR) is 93.4 cm³/mol. The van der Waals surface area contributed by atoms with Crippen LogP contribution in [0.2, 0.25) is 0 Å². The van der Waals surface area contributed by atoms with Crippen LogP contribution in [0.1, 0.15) is 25.2 Å². The van der Waals surface area contributed by atoms with E-state index in [1.165, 1.54) is 0 Å². The number of piperidine rings is 1. The summed E-state index contributed by atoms with van der Waals surface area (Å²) >= 11 is 0. The van der Waals surface area contributed by atoms with Crippen LogP contribution in [0, 0.1) is 0 Å². The summed E-state index contributed by atoms with van der Waals surface area (Å²) in [7, 11) is -3.21. The number of carbonyl (C=O) groups excluding carboxylic acids is 1. The summed E-state index contributed by atoms with van der Waals surface area (Å²) in [6, 6.07) is 3.52. The van der Waals surface area contributed by atoms with Crippen LogP contribution in [0.3, 0.4) is 0 Å². The van der Waals surface area contributed by atoms with Gasteiger partial charge in [0.25, 0.3) is 0 Å². The third-order valence-corrected chi connectivity index (χ3v) is 4.93. The standard InChI is InChI=1S/C16H21N5O4S/c1-26(23,24)20-13-6-9-21(10-7-13)15(22)5-4-14-18-16(19-25-14)12-3-2-8-17-11-12/h2-3,8,11,13,20H,4-7,9-10H2,1H3. The Balaban J connectivity index is 1.47. The Morgan fingerprint density at radius 2 is 2.15 bits per heavy atom. The van der Waals surface area contributed by atoms with E-state index in [1.807, 2.05) is 6.07 Å². The number of hydrogen-bond acceptors (Lipinski definition) is 7. The van der Waals surface area contributed by atoms with Crippen molar-refractivity contribution in [2.75, 3.05) is 19.3 Å². The first-order valence-electron chi connectivity index (χ1n) is 8.39. The first-order valence-corrected chi connectivity index (χ1v) is 10.3. The predicted octanol–water partition coefficient (Wildman–Crippen LogP) is 0.604. The molecule has 9 nitrogen and oxygen atoms in total. The Labute approximate surface area is 151 Å². The number of likely N-dealkylation sites (tertiary alicyclic amines) is 1. The first-order chi connectivity index (χ1) is 12.4. The topological polar surface area (TPSA) is 118 Å². The fourth-order valence-corrected chi connectivity index (χ4v) is 3.73. The number of aromatic nitrogens is 3. The molecule has 0 radical (unpaired) electrons. The molecule has 0 unspecified atom stereocenters. The second-order valence-corrected chi connectivity index (χ2v) is 8.08. The van der Waals surface area contributed by atoms with Gasteiger partial charge >= 0.3 is 0 Å². The Kier molecular flexibility index (Phi) is 5.62. The maximum Gasteiger partial charge on any atom is 0.227 e. The van der Waals surface area contributed by atoms with Crippen molar-refractivity contribution in [1.82, 2.24) is 24.7 Å². The van der Waals surface area contributed by atoms with Crippen molar-refractivity contribution in [2.45, 2.75) is 31.7 Å². The van der Waals surface area contributed by atoms with E-state index in [4.69, 9.17) is 4.52 Å². The number of nitrogens with one attached hydrogen (secondary N) is 1. The van der Waals surface area contributed by atoms with Gasteiger partial charge in [0.1, 0.15) is 0 Å². The number of rotatable bonds is 6. The molecule has 1 saturated heterocycles. The van der Waals surface area contributed by atoms with E-state index in [0.29, 0.717) is 44.1 Å². The molecule has 0 aliphatic carbocycles. The molecule has 0 saturated carbocycles. The van der Waals surface area contributed by atoms with E-state index in [1.54, 1.807) is 23.4 Å². The van der Waals surface area contributed by atoms with Crippen LogP contribution >= 0.6 is 0 Å². The van der Waals surface area contributed by atoms with Gasteiger partial charge in [-0.1, -0.05) is 5.16 Å². The molecule has 26 heavy (non-hydrogen) atoms. The van der Waals surface area contributed by atoms with Crippen LogP contribution in [0.5, 0.6) is 0 Å². The lowest BCUT2D eigenvalue weighted by atomic mass is 10.1. The Bertz CT molecular complexity index is 845. The molecule has 1 amide bonds. The molecule has 3 rings (SSSR count). The zero-order valence-corrected chi connectivity index (χ0v) is 15.3. The molecular weight excluding hydrogens is 358 g/mol. The van der Waals surface area contributed by atoms with Crippen molar-refractivity contribution < 1.29 is 17.7 Å². The fourth-order valence-electron chi connectivity index (χ4n) is 2.89. The van der Waals surface area contributed by atoms with Crippen LogP contribution in [0.4, 0.5) is 0 Å². The molecule has 140 valence electrons. The molecule has 1 fully saturated rings. The normalized spacial score (nSPS) is 16.0. The highest BCUT2D eigenvalue weighted by Crippen LogP contribution is 2.16. The van der Waals surface area contributed by atoms with E-state index in [-0.39, 0.29) is 18.4 Å². The quantitative estimate of drug-likeness (QED) is 0.781. The summed E-state index contributed by atoms with van der Waals surface area (Å²) in [6.07, 6.45) is 6.34. The summed E-state index contributed by atoms with van der Waals surface area (Å²) in [5.41, 5.74) is 0.759. The van der Waals surface area contributed by atoms with Crippen molar-refractivity contribution in [3.8, 4) is 11.4 Å². The summed E-state index contributed by atoms with van der Waals surface area (Å²) in [5, 5.41) is 3.90. The second-order valence-electron chi connectivity index (χ2n) is 6.30. The number of hydrogen-bond donors (Lipinski definition) is 1. The van der Waals surface area contributed by atoms with Gasteiger partial charge in [0.15, 0.2) is 0 Å². The number of nitrogens with zero attached hydrogens (tertiary/aromatic N) is 4. The van der Waals surface area contributed by atoms with Crippen molar-refractivity contribution in [3.05, 3.63) is 30.4 Å². The lowest BCUT2D eigenvalue weighted by Gasteiger charge is -2.32. The van der Waals surface area contributed by atoms with Gasteiger partial charge in [-0.25, -0.2) is 13.1 Å². The minimum Gasteiger partial charge on any atom is -0.343 e. The smallest absolute Gasteiger partial charge is 0.227 e. The molecule has 10 heteroatoms. The van der Waals surface area contributed by atoms with Crippen molar-refractivity contribution in [3.63, 3.8) is 0 Å². The van der Waals surface area contributed by atoms with Crippen molar-refractivity contribution >= 4 is 15.9 Å². The molecule has 1 aliphatic rings. The zero-order chi connectivity index (χ0) is 18.6.